The molecule has 234 valence electrons. The van der Waals surface area contributed by atoms with Gasteiger partial charge in [0.1, 0.15) is 17.7 Å². The lowest BCUT2D eigenvalue weighted by Gasteiger charge is -2.34. The van der Waals surface area contributed by atoms with Crippen LogP contribution in [-0.2, 0) is 19.1 Å². The van der Waals surface area contributed by atoms with Crippen LogP contribution in [0.3, 0.4) is 0 Å². The minimum atomic E-state index is -1.34. The highest BCUT2D eigenvalue weighted by Gasteiger charge is 2.37. The van der Waals surface area contributed by atoms with E-state index in [1.54, 1.807) is 45.0 Å². The summed E-state index contributed by atoms with van der Waals surface area (Å²) in [5, 5.41) is 7.49. The number of carbonyl (C=O) groups excluding carboxylic acids is 4. The normalized spacial score (nSPS) is 12.5. The molecule has 0 aromatic heterocycles. The van der Waals surface area contributed by atoms with Crippen molar-refractivity contribution in [2.75, 3.05) is 11.9 Å². The average molecular weight is 601 g/mol. The third-order valence-corrected chi connectivity index (χ3v) is 6.97. The standard InChI is InChI=1S/C35H44N4O5/c1-6-8-9-12-20-39(33(42)29(23-30(36)40)38-34(43)44-35(3,4)5)31(27-17-13-14-24(7-2)21-27)32(41)37-28-19-18-25-15-10-11-16-26(25)22-28/h7,10-11,13-19,21-22,29,31H,2,6,8-9,12,20,23H2,1,3-5H3,(H2,36,40)(H,37,41)(H,38,43). The number of anilines is 1. The smallest absolute Gasteiger partial charge is 0.408 e. The molecule has 0 aliphatic carbocycles. The van der Waals surface area contributed by atoms with Gasteiger partial charge in [0.15, 0.2) is 0 Å². The zero-order valence-corrected chi connectivity index (χ0v) is 26.1. The van der Waals surface area contributed by atoms with Gasteiger partial charge in [-0.2, -0.15) is 0 Å². The van der Waals surface area contributed by atoms with Crippen LogP contribution in [0.4, 0.5) is 10.5 Å². The average Bonchev–Trinajstić information content (AvgIpc) is 2.96. The molecule has 0 bridgehead atoms. The molecular weight excluding hydrogens is 556 g/mol. The van der Waals surface area contributed by atoms with Gasteiger partial charge < -0.3 is 26.0 Å². The fourth-order valence-corrected chi connectivity index (χ4v) is 4.93. The van der Waals surface area contributed by atoms with Gasteiger partial charge >= 0.3 is 6.09 Å². The monoisotopic (exact) mass is 600 g/mol. The number of fused-ring (bicyclic) bond motifs is 1. The molecule has 9 heteroatoms. The van der Waals surface area contributed by atoms with E-state index in [-0.39, 0.29) is 6.54 Å². The third kappa shape index (κ3) is 9.97. The first-order chi connectivity index (χ1) is 20.9. The van der Waals surface area contributed by atoms with Crippen molar-refractivity contribution >= 4 is 46.4 Å². The lowest BCUT2D eigenvalue weighted by atomic mass is 9.99. The fourth-order valence-electron chi connectivity index (χ4n) is 4.93. The molecular formula is C35H44N4O5. The van der Waals surface area contributed by atoms with Gasteiger partial charge in [-0.1, -0.05) is 87.4 Å². The van der Waals surface area contributed by atoms with Crippen molar-refractivity contribution in [3.05, 3.63) is 84.4 Å². The van der Waals surface area contributed by atoms with Crippen LogP contribution in [0.5, 0.6) is 0 Å². The summed E-state index contributed by atoms with van der Waals surface area (Å²) in [6.07, 6.45) is 3.69. The summed E-state index contributed by atoms with van der Waals surface area (Å²) >= 11 is 0. The first-order valence-corrected chi connectivity index (χ1v) is 15.0. The Balaban J connectivity index is 2.07. The largest absolute Gasteiger partial charge is 0.444 e. The molecule has 0 aliphatic rings. The summed E-state index contributed by atoms with van der Waals surface area (Å²) in [4.78, 5) is 54.7. The van der Waals surface area contributed by atoms with Crippen molar-refractivity contribution in [2.24, 2.45) is 5.73 Å². The van der Waals surface area contributed by atoms with Gasteiger partial charge in [0.2, 0.25) is 11.8 Å². The molecule has 0 aliphatic heterocycles. The first-order valence-electron chi connectivity index (χ1n) is 15.0. The highest BCUT2D eigenvalue weighted by molar-refractivity contribution is 6.01. The van der Waals surface area contributed by atoms with Crippen molar-refractivity contribution in [1.29, 1.82) is 0 Å². The van der Waals surface area contributed by atoms with Crippen molar-refractivity contribution in [3.8, 4) is 0 Å². The molecule has 0 saturated carbocycles. The molecule has 3 aromatic rings. The third-order valence-electron chi connectivity index (χ3n) is 6.97. The quantitative estimate of drug-likeness (QED) is 0.186. The van der Waals surface area contributed by atoms with Gasteiger partial charge in [0.25, 0.3) is 5.91 Å². The van der Waals surface area contributed by atoms with Gasteiger partial charge in [0, 0.05) is 12.2 Å². The molecule has 0 radical (unpaired) electrons. The second-order valence-electron chi connectivity index (χ2n) is 11.8. The second kappa shape index (κ2) is 15.7. The Kier molecular flexibility index (Phi) is 12.1. The van der Waals surface area contributed by atoms with Crippen LogP contribution in [0.2, 0.25) is 0 Å². The van der Waals surface area contributed by atoms with E-state index < -0.39 is 47.9 Å². The SMILES string of the molecule is C=Cc1cccc(C(C(=O)Nc2ccc3ccccc3c2)N(CCCCCC)C(=O)C(CC(N)=O)NC(=O)OC(C)(C)C)c1. The lowest BCUT2D eigenvalue weighted by Crippen LogP contribution is -2.53. The number of alkyl carbamates (subject to hydrolysis) is 1. The predicted octanol–water partition coefficient (Wildman–Crippen LogP) is 6.34. The molecule has 3 rings (SSSR count). The number of nitrogens with one attached hydrogen (secondary N) is 2. The Morgan fingerprint density at radius 1 is 0.955 bits per heavy atom. The number of unbranched alkanes of at least 4 members (excludes halogenated alkanes) is 3. The maximum atomic E-state index is 14.3. The summed E-state index contributed by atoms with van der Waals surface area (Å²) < 4.78 is 5.37. The zero-order valence-electron chi connectivity index (χ0n) is 26.1. The van der Waals surface area contributed by atoms with E-state index in [1.807, 2.05) is 48.5 Å². The van der Waals surface area contributed by atoms with E-state index in [0.717, 1.165) is 35.6 Å². The topological polar surface area (TPSA) is 131 Å². The summed E-state index contributed by atoms with van der Waals surface area (Å²) in [7, 11) is 0. The number of nitrogens with two attached hydrogens (primary N) is 1. The van der Waals surface area contributed by atoms with Crippen LogP contribution in [0.15, 0.2) is 73.3 Å². The highest BCUT2D eigenvalue weighted by atomic mass is 16.6. The van der Waals surface area contributed by atoms with E-state index in [2.05, 4.69) is 24.1 Å². The Morgan fingerprint density at radius 2 is 1.68 bits per heavy atom. The number of hydrogen-bond acceptors (Lipinski definition) is 5. The Hall–Kier alpha value is -4.66. The number of amides is 4. The molecule has 2 unspecified atom stereocenters. The number of hydrogen-bond donors (Lipinski definition) is 3. The molecule has 0 heterocycles. The summed E-state index contributed by atoms with van der Waals surface area (Å²) in [5.74, 6) is -1.84. The van der Waals surface area contributed by atoms with Crippen molar-refractivity contribution in [3.63, 3.8) is 0 Å². The van der Waals surface area contributed by atoms with E-state index in [1.165, 1.54) is 4.90 Å². The summed E-state index contributed by atoms with van der Waals surface area (Å²) in [5.41, 5.74) is 6.57. The number of nitrogens with zero attached hydrogens (tertiary/aromatic N) is 1. The van der Waals surface area contributed by atoms with Crippen LogP contribution < -0.4 is 16.4 Å². The van der Waals surface area contributed by atoms with E-state index in [9.17, 15) is 19.2 Å². The van der Waals surface area contributed by atoms with Crippen LogP contribution in [-0.4, -0.2) is 46.9 Å². The van der Waals surface area contributed by atoms with E-state index in [4.69, 9.17) is 10.5 Å². The van der Waals surface area contributed by atoms with E-state index >= 15 is 0 Å². The molecule has 0 spiro atoms. The van der Waals surface area contributed by atoms with Gasteiger partial charge in [-0.25, -0.2) is 4.79 Å². The number of carbonyl (C=O) groups is 4. The molecule has 4 N–H and O–H groups in total. The molecule has 44 heavy (non-hydrogen) atoms. The van der Waals surface area contributed by atoms with Crippen LogP contribution in [0, 0.1) is 0 Å². The Bertz CT molecular complexity index is 1480. The molecule has 2 atom stereocenters. The lowest BCUT2D eigenvalue weighted by molar-refractivity contribution is -0.142. The van der Waals surface area contributed by atoms with Crippen LogP contribution in [0.1, 0.15) is 77.0 Å². The maximum Gasteiger partial charge on any atom is 0.408 e. The van der Waals surface area contributed by atoms with Gasteiger partial charge in [-0.15, -0.1) is 0 Å². The first kappa shape index (κ1) is 33.8. The maximum absolute atomic E-state index is 14.3. The highest BCUT2D eigenvalue weighted by Crippen LogP contribution is 2.28. The van der Waals surface area contributed by atoms with Gasteiger partial charge in [-0.05, 0) is 67.3 Å². The number of primary amides is 1. The van der Waals surface area contributed by atoms with Crippen molar-refractivity contribution in [1.82, 2.24) is 10.2 Å². The van der Waals surface area contributed by atoms with Gasteiger partial charge in [0.05, 0.1) is 6.42 Å². The number of benzene rings is 3. The predicted molar refractivity (Wildman–Crippen MR) is 175 cm³/mol. The van der Waals surface area contributed by atoms with Crippen LogP contribution in [0.25, 0.3) is 16.8 Å². The molecule has 3 aromatic carbocycles. The molecule has 0 fully saturated rings. The number of ether oxygens (including phenoxy) is 1. The van der Waals surface area contributed by atoms with Crippen LogP contribution >= 0.6 is 0 Å². The molecule has 9 nitrogen and oxygen atoms in total. The summed E-state index contributed by atoms with van der Waals surface area (Å²) in [6.45, 7) is 11.2. The minimum absolute atomic E-state index is 0.207. The fraction of sp³-hybridized carbons (Fsp3) is 0.371. The second-order valence-corrected chi connectivity index (χ2v) is 11.8. The van der Waals surface area contributed by atoms with Gasteiger partial charge in [-0.3, -0.25) is 14.4 Å². The zero-order chi connectivity index (χ0) is 32.3. The molecule has 0 saturated heterocycles. The molecule has 4 amide bonds. The minimum Gasteiger partial charge on any atom is -0.444 e. The van der Waals surface area contributed by atoms with Crippen molar-refractivity contribution in [2.45, 2.75) is 77.5 Å². The van der Waals surface area contributed by atoms with E-state index in [0.29, 0.717) is 17.7 Å². The number of rotatable bonds is 14. The Labute approximate surface area is 259 Å². The van der Waals surface area contributed by atoms with Crippen molar-refractivity contribution < 1.29 is 23.9 Å². The summed E-state index contributed by atoms with van der Waals surface area (Å²) in [6, 6.07) is 18.2. The Morgan fingerprint density at radius 3 is 2.34 bits per heavy atom.